The molecular formula is C13H20ClN3O. The fraction of sp³-hybridized carbons (Fsp3) is 0.538. The average Bonchev–Trinajstić information content (AvgIpc) is 2.26. The maximum absolute atomic E-state index is 12.3. The van der Waals surface area contributed by atoms with Gasteiger partial charge in [-0.1, -0.05) is 6.07 Å². The van der Waals surface area contributed by atoms with Gasteiger partial charge in [0, 0.05) is 30.9 Å². The monoisotopic (exact) mass is 269 g/mol. The summed E-state index contributed by atoms with van der Waals surface area (Å²) in [6.45, 7) is 8.43. The molecule has 0 spiro atoms. The van der Waals surface area contributed by atoms with Crippen LogP contribution in [-0.2, 0) is 0 Å². The van der Waals surface area contributed by atoms with Gasteiger partial charge in [0.15, 0.2) is 0 Å². The van der Waals surface area contributed by atoms with Gasteiger partial charge < -0.3 is 10.2 Å². The number of nitrogens with one attached hydrogen (secondary N) is 1. The summed E-state index contributed by atoms with van der Waals surface area (Å²) < 4.78 is 0. The van der Waals surface area contributed by atoms with Crippen molar-refractivity contribution in [3.05, 3.63) is 29.6 Å². The summed E-state index contributed by atoms with van der Waals surface area (Å²) in [6, 6.07) is 5.56. The van der Waals surface area contributed by atoms with E-state index in [9.17, 15) is 4.79 Å². The van der Waals surface area contributed by atoms with E-state index in [-0.39, 0.29) is 23.9 Å². The van der Waals surface area contributed by atoms with Crippen LogP contribution in [0.5, 0.6) is 0 Å². The summed E-state index contributed by atoms with van der Waals surface area (Å²) >= 11 is 0. The molecule has 1 aliphatic rings. The number of aryl methyl sites for hydroxylation is 1. The van der Waals surface area contributed by atoms with E-state index in [1.807, 2.05) is 24.0 Å². The minimum atomic E-state index is -0.0161. The molecule has 2 rings (SSSR count). The number of piperazine rings is 1. The van der Waals surface area contributed by atoms with Crippen LogP contribution in [0.3, 0.4) is 0 Å². The molecule has 0 aliphatic carbocycles. The summed E-state index contributed by atoms with van der Waals surface area (Å²) in [4.78, 5) is 18.4. The van der Waals surface area contributed by atoms with E-state index >= 15 is 0 Å². The number of rotatable bonds is 1. The Morgan fingerprint density at radius 1 is 1.44 bits per heavy atom. The molecule has 0 saturated carbocycles. The van der Waals surface area contributed by atoms with E-state index in [0.29, 0.717) is 5.69 Å². The Hall–Kier alpha value is -1.13. The number of hydrogen-bond acceptors (Lipinski definition) is 3. The smallest absolute Gasteiger partial charge is 0.272 e. The third kappa shape index (κ3) is 3.43. The highest BCUT2D eigenvalue weighted by atomic mass is 35.5. The van der Waals surface area contributed by atoms with E-state index in [2.05, 4.69) is 24.1 Å². The minimum Gasteiger partial charge on any atom is -0.334 e. The van der Waals surface area contributed by atoms with Crippen LogP contribution in [0.1, 0.15) is 30.0 Å². The average molecular weight is 270 g/mol. The van der Waals surface area contributed by atoms with Crippen LogP contribution in [0.15, 0.2) is 18.2 Å². The van der Waals surface area contributed by atoms with Gasteiger partial charge in [0.2, 0.25) is 0 Å². The summed E-state index contributed by atoms with van der Waals surface area (Å²) in [6.07, 6.45) is 0. The molecule has 1 aromatic rings. The lowest BCUT2D eigenvalue weighted by atomic mass is 10.0. The molecule has 4 nitrogen and oxygen atoms in total. The largest absolute Gasteiger partial charge is 0.334 e. The molecule has 5 heteroatoms. The highest BCUT2D eigenvalue weighted by molar-refractivity contribution is 5.92. The van der Waals surface area contributed by atoms with E-state index in [1.54, 1.807) is 6.07 Å². The first-order valence-electron chi connectivity index (χ1n) is 5.96. The molecule has 0 radical (unpaired) electrons. The fourth-order valence-corrected chi connectivity index (χ4v) is 2.14. The number of hydrogen-bond donors (Lipinski definition) is 1. The Morgan fingerprint density at radius 3 is 2.78 bits per heavy atom. The fourth-order valence-electron chi connectivity index (χ4n) is 2.14. The predicted molar refractivity (Wildman–Crippen MR) is 74.2 cm³/mol. The lowest BCUT2D eigenvalue weighted by molar-refractivity contribution is 0.0646. The van der Waals surface area contributed by atoms with Gasteiger partial charge in [-0.15, -0.1) is 12.4 Å². The zero-order chi connectivity index (χ0) is 12.5. The number of nitrogens with zero attached hydrogens (tertiary/aromatic N) is 2. The zero-order valence-corrected chi connectivity index (χ0v) is 11.9. The van der Waals surface area contributed by atoms with Crippen LogP contribution in [0.2, 0.25) is 0 Å². The maximum Gasteiger partial charge on any atom is 0.272 e. The van der Waals surface area contributed by atoms with Crippen molar-refractivity contribution in [3.8, 4) is 0 Å². The second kappa shape index (κ2) is 5.67. The molecule has 0 bridgehead atoms. The van der Waals surface area contributed by atoms with Crippen molar-refractivity contribution in [1.29, 1.82) is 0 Å². The molecular weight excluding hydrogens is 250 g/mol. The molecule has 1 amide bonds. The minimum absolute atomic E-state index is 0. The normalized spacial score (nSPS) is 18.1. The van der Waals surface area contributed by atoms with Gasteiger partial charge in [-0.25, -0.2) is 4.98 Å². The van der Waals surface area contributed by atoms with E-state index < -0.39 is 0 Å². The molecule has 100 valence electrons. The number of aromatic nitrogens is 1. The first-order valence-corrected chi connectivity index (χ1v) is 5.96. The highest BCUT2D eigenvalue weighted by Gasteiger charge is 2.29. The van der Waals surface area contributed by atoms with Crippen molar-refractivity contribution in [2.75, 3.05) is 19.6 Å². The summed E-state index contributed by atoms with van der Waals surface area (Å²) in [5, 5.41) is 3.39. The van der Waals surface area contributed by atoms with Crippen LogP contribution in [0.25, 0.3) is 0 Å². The van der Waals surface area contributed by atoms with Gasteiger partial charge in [0.25, 0.3) is 5.91 Å². The number of carbonyl (C=O) groups is 1. The van der Waals surface area contributed by atoms with Gasteiger partial charge in [-0.2, -0.15) is 0 Å². The number of halogens is 1. The zero-order valence-electron chi connectivity index (χ0n) is 11.1. The molecule has 1 fully saturated rings. The standard InChI is InChI=1S/C13H19N3O.ClH/c1-10-5-4-6-11(15-10)12(17)16-8-7-14-13(2,3)9-16;/h4-6,14H,7-9H2,1-3H3;1H. The lowest BCUT2D eigenvalue weighted by Gasteiger charge is -2.38. The van der Waals surface area contributed by atoms with E-state index in [1.165, 1.54) is 0 Å². The number of pyridine rings is 1. The summed E-state index contributed by atoms with van der Waals surface area (Å²) in [5.74, 6) is 0.0308. The first-order chi connectivity index (χ1) is 7.98. The Labute approximate surface area is 114 Å². The lowest BCUT2D eigenvalue weighted by Crippen LogP contribution is -2.58. The second-order valence-corrected chi connectivity index (χ2v) is 5.20. The number of amides is 1. The SMILES string of the molecule is Cc1cccc(C(=O)N2CCNC(C)(C)C2)n1.Cl. The van der Waals surface area contributed by atoms with E-state index in [4.69, 9.17) is 0 Å². The number of carbonyl (C=O) groups excluding carboxylic acids is 1. The van der Waals surface area contributed by atoms with Crippen LogP contribution in [-0.4, -0.2) is 41.0 Å². The summed E-state index contributed by atoms with van der Waals surface area (Å²) in [5.41, 5.74) is 1.41. The summed E-state index contributed by atoms with van der Waals surface area (Å²) in [7, 11) is 0. The molecule has 1 aromatic heterocycles. The van der Waals surface area contributed by atoms with Crippen molar-refractivity contribution < 1.29 is 4.79 Å². The Morgan fingerprint density at radius 2 is 2.17 bits per heavy atom. The van der Waals surface area contributed by atoms with Gasteiger partial charge in [0.05, 0.1) is 0 Å². The van der Waals surface area contributed by atoms with Crippen LogP contribution >= 0.6 is 12.4 Å². The molecule has 1 aliphatic heterocycles. The second-order valence-electron chi connectivity index (χ2n) is 5.20. The quantitative estimate of drug-likeness (QED) is 0.843. The molecule has 0 aromatic carbocycles. The van der Waals surface area contributed by atoms with Crippen LogP contribution in [0, 0.1) is 6.92 Å². The third-order valence-electron chi connectivity index (χ3n) is 2.97. The Kier molecular flexibility index (Phi) is 4.71. The van der Waals surface area contributed by atoms with E-state index in [0.717, 1.165) is 25.3 Å². The first kappa shape index (κ1) is 14.9. The predicted octanol–water partition coefficient (Wildman–Crippen LogP) is 1.64. The Balaban J connectivity index is 0.00000162. The maximum atomic E-state index is 12.3. The van der Waals surface area contributed by atoms with Gasteiger partial charge in [-0.05, 0) is 32.9 Å². The third-order valence-corrected chi connectivity index (χ3v) is 2.97. The molecule has 0 atom stereocenters. The van der Waals surface area contributed by atoms with Crippen molar-refractivity contribution in [2.24, 2.45) is 0 Å². The topological polar surface area (TPSA) is 45.2 Å². The van der Waals surface area contributed by atoms with Gasteiger partial charge >= 0.3 is 0 Å². The van der Waals surface area contributed by atoms with Crippen LogP contribution in [0.4, 0.5) is 0 Å². The van der Waals surface area contributed by atoms with Crippen molar-refractivity contribution in [2.45, 2.75) is 26.3 Å². The van der Waals surface area contributed by atoms with Crippen molar-refractivity contribution in [3.63, 3.8) is 0 Å². The molecule has 1 N–H and O–H groups in total. The Bertz CT molecular complexity index is 434. The molecule has 1 saturated heterocycles. The van der Waals surface area contributed by atoms with Crippen LogP contribution < -0.4 is 5.32 Å². The molecule has 18 heavy (non-hydrogen) atoms. The highest BCUT2D eigenvalue weighted by Crippen LogP contribution is 2.13. The molecule has 2 heterocycles. The molecule has 0 unspecified atom stereocenters. The van der Waals surface area contributed by atoms with Crippen molar-refractivity contribution >= 4 is 18.3 Å². The van der Waals surface area contributed by atoms with Crippen molar-refractivity contribution in [1.82, 2.24) is 15.2 Å². The van der Waals surface area contributed by atoms with Gasteiger partial charge in [0.1, 0.15) is 5.69 Å². The van der Waals surface area contributed by atoms with Gasteiger partial charge in [-0.3, -0.25) is 4.79 Å².